The Hall–Kier alpha value is -2.57. The van der Waals surface area contributed by atoms with Crippen LogP contribution < -0.4 is 9.80 Å². The maximum Gasteiger partial charge on any atom is 0.416 e. The molecule has 2 aliphatic rings. The van der Waals surface area contributed by atoms with Crippen LogP contribution >= 0.6 is 0 Å². The van der Waals surface area contributed by atoms with Crippen molar-refractivity contribution in [1.29, 1.82) is 0 Å². The van der Waals surface area contributed by atoms with Crippen LogP contribution in [-0.4, -0.2) is 35.9 Å². The number of hydrogen-bond acceptors (Lipinski definition) is 4. The first-order chi connectivity index (χ1) is 12.3. The Balaban J connectivity index is 1.51. The monoisotopic (exact) mass is 361 g/mol. The number of alkyl halides is 3. The largest absolute Gasteiger partial charge is 0.416 e. The number of Topliss-reactive ketones (excluding diaryl/α,β-unsaturated/α-hetero) is 1. The summed E-state index contributed by atoms with van der Waals surface area (Å²) in [5.41, 5.74) is 1.05. The molecule has 1 aromatic heterocycles. The zero-order valence-electron chi connectivity index (χ0n) is 14.2. The van der Waals surface area contributed by atoms with Gasteiger partial charge in [-0.15, -0.1) is 0 Å². The molecule has 2 fully saturated rings. The Morgan fingerprint density at radius 2 is 1.73 bits per heavy atom. The molecule has 0 saturated carbocycles. The highest BCUT2D eigenvalue weighted by Crippen LogP contribution is 2.38. The summed E-state index contributed by atoms with van der Waals surface area (Å²) >= 11 is 0. The van der Waals surface area contributed by atoms with Crippen LogP contribution in [-0.2, 0) is 6.18 Å². The van der Waals surface area contributed by atoms with Crippen molar-refractivity contribution < 1.29 is 18.0 Å². The fourth-order valence-electron chi connectivity index (χ4n) is 3.90. The smallest absolute Gasteiger partial charge is 0.365 e. The molecule has 26 heavy (non-hydrogen) atoms. The number of fused-ring (bicyclic) bond motifs is 2. The second-order valence-corrected chi connectivity index (χ2v) is 6.85. The summed E-state index contributed by atoms with van der Waals surface area (Å²) in [6.45, 7) is 2.92. The molecule has 0 unspecified atom stereocenters. The summed E-state index contributed by atoms with van der Waals surface area (Å²) < 4.78 is 38.8. The van der Waals surface area contributed by atoms with Crippen LogP contribution in [0.5, 0.6) is 0 Å². The molecular formula is C19H18F3N3O. The fraction of sp³-hybridized carbons (Fsp3) is 0.368. The highest BCUT2D eigenvalue weighted by atomic mass is 19.4. The van der Waals surface area contributed by atoms with Gasteiger partial charge in [0.05, 0.1) is 11.6 Å². The highest BCUT2D eigenvalue weighted by Gasteiger charge is 2.44. The number of carbonyl (C=O) groups excluding carboxylic acids is 1. The van der Waals surface area contributed by atoms with Crippen molar-refractivity contribution in [3.8, 4) is 0 Å². The van der Waals surface area contributed by atoms with Crippen LogP contribution in [0, 0.1) is 0 Å². The van der Waals surface area contributed by atoms with Crippen molar-refractivity contribution in [3.63, 3.8) is 0 Å². The van der Waals surface area contributed by atoms with Gasteiger partial charge in [-0.05, 0) is 49.7 Å². The molecule has 0 aliphatic carbocycles. The van der Waals surface area contributed by atoms with Gasteiger partial charge < -0.3 is 9.80 Å². The number of hydrogen-bond donors (Lipinski definition) is 0. The average Bonchev–Trinajstić information content (AvgIpc) is 3.22. The Morgan fingerprint density at radius 3 is 2.31 bits per heavy atom. The van der Waals surface area contributed by atoms with Gasteiger partial charge in [0, 0.05) is 36.6 Å². The molecule has 0 amide bonds. The first kappa shape index (κ1) is 16.9. The fourth-order valence-corrected chi connectivity index (χ4v) is 3.90. The third-order valence-corrected chi connectivity index (χ3v) is 5.21. The minimum Gasteiger partial charge on any atom is -0.365 e. The van der Waals surface area contributed by atoms with Gasteiger partial charge in [-0.1, -0.05) is 0 Å². The van der Waals surface area contributed by atoms with Gasteiger partial charge in [-0.25, -0.2) is 4.98 Å². The summed E-state index contributed by atoms with van der Waals surface area (Å²) in [4.78, 5) is 19.8. The molecule has 0 spiro atoms. The van der Waals surface area contributed by atoms with Crippen molar-refractivity contribution in [2.45, 2.75) is 31.6 Å². The molecule has 2 aromatic rings. The van der Waals surface area contributed by atoms with Crippen molar-refractivity contribution >= 4 is 17.3 Å². The number of ketones is 1. The lowest BCUT2D eigenvalue weighted by Gasteiger charge is -2.36. The molecule has 136 valence electrons. The van der Waals surface area contributed by atoms with Gasteiger partial charge in [-0.3, -0.25) is 4.79 Å². The molecule has 4 rings (SSSR count). The third kappa shape index (κ3) is 2.91. The number of piperazine rings is 1. The Labute approximate surface area is 149 Å². The molecule has 2 atom stereocenters. The lowest BCUT2D eigenvalue weighted by atomic mass is 10.1. The van der Waals surface area contributed by atoms with Gasteiger partial charge in [0.2, 0.25) is 0 Å². The second kappa shape index (κ2) is 6.00. The molecule has 4 nitrogen and oxygen atoms in total. The number of carbonyl (C=O) groups is 1. The van der Waals surface area contributed by atoms with E-state index in [1.165, 1.54) is 13.1 Å². The van der Waals surface area contributed by atoms with Crippen LogP contribution in [0.15, 0.2) is 42.6 Å². The van der Waals surface area contributed by atoms with Crippen molar-refractivity contribution in [2.75, 3.05) is 22.9 Å². The second-order valence-electron chi connectivity index (χ2n) is 6.85. The Morgan fingerprint density at radius 1 is 1.08 bits per heavy atom. The van der Waals surface area contributed by atoms with Gasteiger partial charge in [0.25, 0.3) is 0 Å². The van der Waals surface area contributed by atoms with Crippen molar-refractivity contribution in [1.82, 2.24) is 4.98 Å². The molecule has 0 N–H and O–H groups in total. The maximum atomic E-state index is 12.9. The molecule has 0 radical (unpaired) electrons. The average molecular weight is 361 g/mol. The molecular weight excluding hydrogens is 343 g/mol. The van der Waals surface area contributed by atoms with E-state index >= 15 is 0 Å². The van der Waals surface area contributed by atoms with E-state index in [4.69, 9.17) is 0 Å². The summed E-state index contributed by atoms with van der Waals surface area (Å²) in [7, 11) is 0. The number of rotatable bonds is 3. The standard InChI is InChI=1S/C19H18F3N3O/c1-12(26)13-2-4-15(5-3-13)24-10-17-9-16(24)11-25(17)18-8-14(6-7-23-18)19(20,21)22/h2-8,16-17H,9-11H2,1H3/t16-,17-/m0/s1. The normalized spacial score (nSPS) is 22.2. The zero-order valence-corrected chi connectivity index (χ0v) is 14.2. The van der Waals surface area contributed by atoms with E-state index in [1.54, 1.807) is 0 Å². The predicted molar refractivity (Wildman–Crippen MR) is 92.6 cm³/mol. The van der Waals surface area contributed by atoms with E-state index in [2.05, 4.69) is 9.88 Å². The van der Waals surface area contributed by atoms with E-state index in [-0.39, 0.29) is 17.9 Å². The number of pyridine rings is 1. The predicted octanol–water partition coefficient (Wildman–Crippen LogP) is 3.77. The molecule has 7 heteroatoms. The molecule has 2 aliphatic heterocycles. The van der Waals surface area contributed by atoms with Crippen LogP contribution in [0.4, 0.5) is 24.7 Å². The molecule has 3 heterocycles. The number of benzene rings is 1. The van der Waals surface area contributed by atoms with E-state index in [0.29, 0.717) is 17.9 Å². The molecule has 2 saturated heterocycles. The van der Waals surface area contributed by atoms with E-state index < -0.39 is 11.7 Å². The van der Waals surface area contributed by atoms with E-state index in [0.717, 1.165) is 30.8 Å². The lowest BCUT2D eigenvalue weighted by Crippen LogP contribution is -2.46. The Kier molecular flexibility index (Phi) is 3.89. The lowest BCUT2D eigenvalue weighted by molar-refractivity contribution is -0.137. The number of anilines is 2. The summed E-state index contributed by atoms with van der Waals surface area (Å²) in [6.07, 6.45) is -2.24. The Bertz CT molecular complexity index is 835. The first-order valence-electron chi connectivity index (χ1n) is 8.50. The van der Waals surface area contributed by atoms with E-state index in [1.807, 2.05) is 29.2 Å². The maximum absolute atomic E-state index is 12.9. The SMILES string of the molecule is CC(=O)c1ccc(N2C[C@@H]3C[C@H]2CN3c2cc(C(F)(F)F)ccn2)cc1. The van der Waals surface area contributed by atoms with Crippen molar-refractivity contribution in [3.05, 3.63) is 53.7 Å². The first-order valence-corrected chi connectivity index (χ1v) is 8.50. The van der Waals surface area contributed by atoms with Crippen LogP contribution in [0.3, 0.4) is 0 Å². The van der Waals surface area contributed by atoms with Crippen LogP contribution in [0.1, 0.15) is 29.3 Å². The van der Waals surface area contributed by atoms with E-state index in [9.17, 15) is 18.0 Å². The number of halogens is 3. The third-order valence-electron chi connectivity index (χ3n) is 5.21. The minimum absolute atomic E-state index is 0.0290. The minimum atomic E-state index is -4.36. The topological polar surface area (TPSA) is 36.4 Å². The summed E-state index contributed by atoms with van der Waals surface area (Å²) in [6, 6.07) is 10.0. The summed E-state index contributed by atoms with van der Waals surface area (Å²) in [5, 5.41) is 0. The van der Waals surface area contributed by atoms with Gasteiger partial charge in [-0.2, -0.15) is 13.2 Å². The van der Waals surface area contributed by atoms with Crippen LogP contribution in [0.2, 0.25) is 0 Å². The van der Waals surface area contributed by atoms with Gasteiger partial charge >= 0.3 is 6.18 Å². The molecule has 2 bridgehead atoms. The number of aromatic nitrogens is 1. The molecule has 1 aromatic carbocycles. The quantitative estimate of drug-likeness (QED) is 0.780. The van der Waals surface area contributed by atoms with Crippen LogP contribution in [0.25, 0.3) is 0 Å². The highest BCUT2D eigenvalue weighted by molar-refractivity contribution is 5.94. The van der Waals surface area contributed by atoms with Crippen molar-refractivity contribution in [2.24, 2.45) is 0 Å². The zero-order chi connectivity index (χ0) is 18.5. The van der Waals surface area contributed by atoms with Gasteiger partial charge in [0.15, 0.2) is 5.78 Å². The number of nitrogens with zero attached hydrogens (tertiary/aromatic N) is 3. The van der Waals surface area contributed by atoms with Gasteiger partial charge in [0.1, 0.15) is 5.82 Å². The summed E-state index contributed by atoms with van der Waals surface area (Å²) in [5.74, 6) is 0.417.